The summed E-state index contributed by atoms with van der Waals surface area (Å²) in [5.74, 6) is -1.48. The lowest BCUT2D eigenvalue weighted by molar-refractivity contribution is -0.119. The number of ketones is 1. The first-order chi connectivity index (χ1) is 12.9. The third kappa shape index (κ3) is 4.01. The zero-order valence-electron chi connectivity index (χ0n) is 14.7. The molecule has 7 heteroatoms. The second kappa shape index (κ2) is 7.63. The molecule has 0 aliphatic rings. The van der Waals surface area contributed by atoms with E-state index in [4.69, 9.17) is 20.8 Å². The first-order valence-corrected chi connectivity index (χ1v) is 8.50. The summed E-state index contributed by atoms with van der Waals surface area (Å²) in [6.45, 7) is 2.60. The lowest BCUT2D eigenvalue weighted by atomic mass is 10.1. The molecule has 0 saturated carbocycles. The van der Waals surface area contributed by atoms with Crippen molar-refractivity contribution < 1.29 is 23.5 Å². The van der Waals surface area contributed by atoms with Crippen LogP contribution in [0.25, 0.3) is 11.0 Å². The van der Waals surface area contributed by atoms with Crippen molar-refractivity contribution in [2.24, 2.45) is 0 Å². The zero-order valence-corrected chi connectivity index (χ0v) is 15.4. The SMILES string of the molecule is CC(=O)c1ccccc1NC(=O)COC(=O)c1oc2ccc(Cl)cc2c1C. The third-order valence-electron chi connectivity index (χ3n) is 4.00. The molecular formula is C20H16ClNO5. The second-order valence-corrected chi connectivity index (χ2v) is 6.36. The molecule has 2 aromatic carbocycles. The largest absolute Gasteiger partial charge is 0.450 e. The molecule has 6 nitrogen and oxygen atoms in total. The average Bonchev–Trinajstić information content (AvgIpc) is 2.96. The molecule has 1 N–H and O–H groups in total. The van der Waals surface area contributed by atoms with Crippen molar-refractivity contribution in [3.8, 4) is 0 Å². The molecular weight excluding hydrogens is 370 g/mol. The van der Waals surface area contributed by atoms with Crippen LogP contribution in [-0.2, 0) is 9.53 Å². The third-order valence-corrected chi connectivity index (χ3v) is 4.23. The Kier molecular flexibility index (Phi) is 5.28. The van der Waals surface area contributed by atoms with Crippen LogP contribution >= 0.6 is 11.6 Å². The number of furan rings is 1. The number of carbonyl (C=O) groups excluding carboxylic acids is 3. The molecule has 138 valence electrons. The Bertz CT molecular complexity index is 1050. The zero-order chi connectivity index (χ0) is 19.6. The number of anilines is 1. The number of esters is 1. The van der Waals surface area contributed by atoms with E-state index in [2.05, 4.69) is 5.32 Å². The van der Waals surface area contributed by atoms with E-state index in [0.29, 0.717) is 32.8 Å². The minimum Gasteiger partial charge on any atom is -0.450 e. The minimum atomic E-state index is -0.755. The van der Waals surface area contributed by atoms with Crippen LogP contribution in [0.1, 0.15) is 33.4 Å². The van der Waals surface area contributed by atoms with Gasteiger partial charge < -0.3 is 14.5 Å². The summed E-state index contributed by atoms with van der Waals surface area (Å²) in [4.78, 5) is 35.9. The fourth-order valence-corrected chi connectivity index (χ4v) is 2.84. The van der Waals surface area contributed by atoms with Gasteiger partial charge in [-0.15, -0.1) is 0 Å². The van der Waals surface area contributed by atoms with Crippen LogP contribution in [0.4, 0.5) is 5.69 Å². The Hall–Kier alpha value is -3.12. The van der Waals surface area contributed by atoms with E-state index < -0.39 is 18.5 Å². The molecule has 0 aliphatic carbocycles. The van der Waals surface area contributed by atoms with Crippen LogP contribution in [0, 0.1) is 6.92 Å². The molecule has 0 spiro atoms. The fraction of sp³-hybridized carbons (Fsp3) is 0.150. The summed E-state index contributed by atoms with van der Waals surface area (Å²) < 4.78 is 10.5. The van der Waals surface area contributed by atoms with Crippen molar-refractivity contribution in [3.05, 3.63) is 64.4 Å². The van der Waals surface area contributed by atoms with Gasteiger partial charge in [-0.3, -0.25) is 9.59 Å². The Labute approximate surface area is 160 Å². The molecule has 3 rings (SSSR count). The number of ether oxygens (including phenoxy) is 1. The van der Waals surface area contributed by atoms with Gasteiger partial charge in [0.1, 0.15) is 5.58 Å². The van der Waals surface area contributed by atoms with Crippen molar-refractivity contribution >= 4 is 45.9 Å². The summed E-state index contributed by atoms with van der Waals surface area (Å²) in [6, 6.07) is 11.6. The van der Waals surface area contributed by atoms with E-state index in [1.54, 1.807) is 49.4 Å². The van der Waals surface area contributed by atoms with E-state index in [0.717, 1.165) is 0 Å². The summed E-state index contributed by atoms with van der Waals surface area (Å²) in [6.07, 6.45) is 0. The maximum absolute atomic E-state index is 12.3. The Morgan fingerprint density at radius 2 is 1.89 bits per heavy atom. The average molecular weight is 386 g/mol. The topological polar surface area (TPSA) is 85.6 Å². The van der Waals surface area contributed by atoms with Crippen molar-refractivity contribution in [1.82, 2.24) is 0 Å². The molecule has 0 fully saturated rings. The molecule has 0 unspecified atom stereocenters. The standard InChI is InChI=1S/C20H16ClNO5/c1-11-15-9-13(21)7-8-17(15)27-19(11)20(25)26-10-18(24)22-16-6-4-3-5-14(16)12(2)23/h3-9H,10H2,1-2H3,(H,22,24). The van der Waals surface area contributed by atoms with Gasteiger partial charge in [0.25, 0.3) is 5.91 Å². The van der Waals surface area contributed by atoms with Crippen LogP contribution < -0.4 is 5.32 Å². The monoisotopic (exact) mass is 385 g/mol. The van der Waals surface area contributed by atoms with Gasteiger partial charge in [-0.25, -0.2) is 4.79 Å². The van der Waals surface area contributed by atoms with Crippen LogP contribution in [0.5, 0.6) is 0 Å². The Morgan fingerprint density at radius 1 is 1.15 bits per heavy atom. The Balaban J connectivity index is 1.68. The van der Waals surface area contributed by atoms with E-state index in [1.165, 1.54) is 6.92 Å². The molecule has 0 aliphatic heterocycles. The first kappa shape index (κ1) is 18.7. The number of fused-ring (bicyclic) bond motifs is 1. The molecule has 0 saturated heterocycles. The smallest absolute Gasteiger partial charge is 0.375 e. The van der Waals surface area contributed by atoms with Gasteiger partial charge >= 0.3 is 5.97 Å². The van der Waals surface area contributed by atoms with Gasteiger partial charge in [0.05, 0.1) is 5.69 Å². The number of rotatable bonds is 5. The highest BCUT2D eigenvalue weighted by Gasteiger charge is 2.20. The first-order valence-electron chi connectivity index (χ1n) is 8.12. The molecule has 1 aromatic heterocycles. The number of halogens is 1. The number of hydrogen-bond donors (Lipinski definition) is 1. The van der Waals surface area contributed by atoms with Gasteiger partial charge in [-0.05, 0) is 44.2 Å². The highest BCUT2D eigenvalue weighted by molar-refractivity contribution is 6.31. The minimum absolute atomic E-state index is 0.0178. The molecule has 0 atom stereocenters. The molecule has 1 amide bonds. The Morgan fingerprint density at radius 3 is 2.63 bits per heavy atom. The number of aryl methyl sites for hydroxylation is 1. The van der Waals surface area contributed by atoms with Crippen molar-refractivity contribution in [1.29, 1.82) is 0 Å². The fourth-order valence-electron chi connectivity index (χ4n) is 2.67. The molecule has 0 radical (unpaired) electrons. The molecule has 3 aromatic rings. The van der Waals surface area contributed by atoms with E-state index in [1.807, 2.05) is 0 Å². The van der Waals surface area contributed by atoms with Gasteiger partial charge in [-0.1, -0.05) is 23.7 Å². The molecule has 0 bridgehead atoms. The van der Waals surface area contributed by atoms with Crippen LogP contribution in [0.2, 0.25) is 5.02 Å². The van der Waals surface area contributed by atoms with Gasteiger partial charge in [0.2, 0.25) is 5.76 Å². The van der Waals surface area contributed by atoms with Crippen molar-refractivity contribution in [2.45, 2.75) is 13.8 Å². The normalized spacial score (nSPS) is 10.6. The summed E-state index contributed by atoms with van der Waals surface area (Å²) in [5.41, 5.74) is 1.83. The van der Waals surface area contributed by atoms with Gasteiger partial charge in [0, 0.05) is 21.5 Å². The predicted molar refractivity (Wildman–Crippen MR) is 101 cm³/mol. The van der Waals surface area contributed by atoms with Crippen LogP contribution in [0.3, 0.4) is 0 Å². The number of carbonyl (C=O) groups is 3. The number of Topliss-reactive ketones (excluding diaryl/α,β-unsaturated/α-hetero) is 1. The number of hydrogen-bond acceptors (Lipinski definition) is 5. The summed E-state index contributed by atoms with van der Waals surface area (Å²) in [5, 5.41) is 3.79. The maximum atomic E-state index is 12.3. The molecule has 1 heterocycles. The second-order valence-electron chi connectivity index (χ2n) is 5.92. The van der Waals surface area contributed by atoms with E-state index >= 15 is 0 Å². The van der Waals surface area contributed by atoms with Crippen LogP contribution in [0.15, 0.2) is 46.9 Å². The van der Waals surface area contributed by atoms with Gasteiger partial charge in [0.15, 0.2) is 12.4 Å². The number of nitrogens with one attached hydrogen (secondary N) is 1. The van der Waals surface area contributed by atoms with Crippen molar-refractivity contribution in [2.75, 3.05) is 11.9 Å². The summed E-state index contributed by atoms with van der Waals surface area (Å²) in [7, 11) is 0. The lowest BCUT2D eigenvalue weighted by Crippen LogP contribution is -2.22. The van der Waals surface area contributed by atoms with Gasteiger partial charge in [-0.2, -0.15) is 0 Å². The highest BCUT2D eigenvalue weighted by Crippen LogP contribution is 2.28. The summed E-state index contributed by atoms with van der Waals surface area (Å²) >= 11 is 5.96. The predicted octanol–water partition coefficient (Wildman–Crippen LogP) is 4.39. The number of amides is 1. The van der Waals surface area contributed by atoms with Crippen LogP contribution in [-0.4, -0.2) is 24.3 Å². The number of para-hydroxylation sites is 1. The van der Waals surface area contributed by atoms with E-state index in [-0.39, 0.29) is 11.5 Å². The molecule has 27 heavy (non-hydrogen) atoms. The van der Waals surface area contributed by atoms with Crippen molar-refractivity contribution in [3.63, 3.8) is 0 Å². The number of benzene rings is 2. The maximum Gasteiger partial charge on any atom is 0.375 e. The lowest BCUT2D eigenvalue weighted by Gasteiger charge is -2.09. The van der Waals surface area contributed by atoms with E-state index in [9.17, 15) is 14.4 Å². The quantitative estimate of drug-likeness (QED) is 0.520. The highest BCUT2D eigenvalue weighted by atomic mass is 35.5.